The summed E-state index contributed by atoms with van der Waals surface area (Å²) in [5.74, 6) is -0.800. The van der Waals surface area contributed by atoms with Gasteiger partial charge in [-0.2, -0.15) is 0 Å². The molecule has 1 aromatic carbocycles. The highest BCUT2D eigenvalue weighted by molar-refractivity contribution is 5.94. The van der Waals surface area contributed by atoms with Crippen LogP contribution >= 0.6 is 0 Å². The lowest BCUT2D eigenvalue weighted by Gasteiger charge is -2.42. The van der Waals surface area contributed by atoms with Crippen LogP contribution < -0.4 is 5.32 Å². The van der Waals surface area contributed by atoms with Crippen molar-refractivity contribution in [3.05, 3.63) is 34.9 Å². The molecular weight excluding hydrogens is 304 g/mol. The molecule has 0 spiro atoms. The Morgan fingerprint density at radius 1 is 1.21 bits per heavy atom. The van der Waals surface area contributed by atoms with Gasteiger partial charge in [0.25, 0.3) is 5.91 Å². The molecule has 2 aliphatic carbocycles. The molecule has 5 heteroatoms. The Kier molecular flexibility index (Phi) is 5.19. The Morgan fingerprint density at radius 2 is 1.92 bits per heavy atom. The highest BCUT2D eigenvalue weighted by atomic mass is 16.4. The molecule has 0 atom stereocenters. The number of hydrogen-bond donors (Lipinski definition) is 2. The van der Waals surface area contributed by atoms with E-state index in [9.17, 15) is 9.59 Å². The van der Waals surface area contributed by atoms with E-state index in [1.807, 2.05) is 24.0 Å². The van der Waals surface area contributed by atoms with Gasteiger partial charge in [0.15, 0.2) is 0 Å². The fourth-order valence-corrected chi connectivity index (χ4v) is 3.82. The van der Waals surface area contributed by atoms with Gasteiger partial charge in [0.1, 0.15) is 0 Å². The maximum atomic E-state index is 12.4. The van der Waals surface area contributed by atoms with Gasteiger partial charge in [0.2, 0.25) is 0 Å². The third-order valence-corrected chi connectivity index (χ3v) is 5.32. The zero-order valence-electron chi connectivity index (χ0n) is 14.3. The number of amides is 1. The number of nitrogens with zero attached hydrogens (tertiary/aromatic N) is 1. The van der Waals surface area contributed by atoms with Crippen LogP contribution in [0.1, 0.15) is 54.1 Å². The van der Waals surface area contributed by atoms with Crippen molar-refractivity contribution in [3.63, 3.8) is 0 Å². The Labute approximate surface area is 143 Å². The number of carboxylic acids is 1. The average Bonchev–Trinajstić information content (AvgIpc) is 2.55. The van der Waals surface area contributed by atoms with Crippen molar-refractivity contribution in [2.75, 3.05) is 13.1 Å². The number of fused-ring (bicyclic) bond motifs is 1. The van der Waals surface area contributed by atoms with E-state index in [1.54, 1.807) is 0 Å². The third kappa shape index (κ3) is 3.78. The first-order chi connectivity index (χ1) is 11.6. The van der Waals surface area contributed by atoms with Gasteiger partial charge in [0, 0.05) is 17.6 Å². The fourth-order valence-electron chi connectivity index (χ4n) is 3.82. The lowest BCUT2D eigenvalue weighted by molar-refractivity contribution is -0.139. The molecule has 0 aromatic heterocycles. The van der Waals surface area contributed by atoms with Crippen LogP contribution in [0, 0.1) is 0 Å². The van der Waals surface area contributed by atoms with E-state index < -0.39 is 5.97 Å². The summed E-state index contributed by atoms with van der Waals surface area (Å²) in [5, 5.41) is 12.0. The molecule has 130 valence electrons. The standard InChI is InChI=1S/C19H26N2O3/c1-2-21(12-18(22)23)17-10-16(11-17)20-19(24)15-8-7-13-5-3-4-6-14(13)9-15/h7-9,16-17H,2-6,10-12H2,1H3,(H,20,24)(H,22,23). The van der Waals surface area contributed by atoms with E-state index >= 15 is 0 Å². The van der Waals surface area contributed by atoms with Crippen molar-refractivity contribution in [2.24, 2.45) is 0 Å². The molecule has 2 aliphatic rings. The summed E-state index contributed by atoms with van der Waals surface area (Å²) in [6.45, 7) is 2.77. The predicted octanol–water partition coefficient (Wildman–Crippen LogP) is 2.23. The van der Waals surface area contributed by atoms with Crippen LogP contribution in [-0.2, 0) is 17.6 Å². The summed E-state index contributed by atoms with van der Waals surface area (Å²) in [6.07, 6.45) is 6.31. The molecule has 3 rings (SSSR count). The molecule has 0 radical (unpaired) electrons. The molecule has 2 N–H and O–H groups in total. The van der Waals surface area contributed by atoms with E-state index in [0.717, 1.165) is 37.8 Å². The first kappa shape index (κ1) is 17.0. The number of rotatable bonds is 6. The van der Waals surface area contributed by atoms with Crippen LogP contribution in [0.15, 0.2) is 18.2 Å². The maximum Gasteiger partial charge on any atom is 0.317 e. The molecule has 1 saturated carbocycles. The van der Waals surface area contributed by atoms with Crippen LogP contribution in [0.4, 0.5) is 0 Å². The van der Waals surface area contributed by atoms with E-state index in [4.69, 9.17) is 5.11 Å². The second-order valence-electron chi connectivity index (χ2n) is 6.94. The number of benzene rings is 1. The van der Waals surface area contributed by atoms with Gasteiger partial charge < -0.3 is 10.4 Å². The molecule has 0 bridgehead atoms. The first-order valence-electron chi connectivity index (χ1n) is 8.95. The number of carbonyl (C=O) groups is 2. The highest BCUT2D eigenvalue weighted by Gasteiger charge is 2.34. The minimum Gasteiger partial charge on any atom is -0.480 e. The van der Waals surface area contributed by atoms with Gasteiger partial charge in [-0.15, -0.1) is 0 Å². The van der Waals surface area contributed by atoms with E-state index in [1.165, 1.54) is 24.0 Å². The van der Waals surface area contributed by atoms with Gasteiger partial charge in [-0.25, -0.2) is 0 Å². The van der Waals surface area contributed by atoms with Crippen molar-refractivity contribution in [2.45, 2.75) is 57.5 Å². The summed E-state index contributed by atoms with van der Waals surface area (Å²) in [4.78, 5) is 25.3. The average molecular weight is 330 g/mol. The summed E-state index contributed by atoms with van der Waals surface area (Å²) < 4.78 is 0. The molecule has 0 aliphatic heterocycles. The zero-order valence-corrected chi connectivity index (χ0v) is 14.3. The zero-order chi connectivity index (χ0) is 17.1. The SMILES string of the molecule is CCN(CC(=O)O)C1CC(NC(=O)c2ccc3c(c2)CCCC3)C1. The molecule has 0 heterocycles. The number of likely N-dealkylation sites (N-methyl/N-ethyl adjacent to an activating group) is 1. The molecule has 5 nitrogen and oxygen atoms in total. The second kappa shape index (κ2) is 7.34. The summed E-state index contributed by atoms with van der Waals surface area (Å²) in [6, 6.07) is 6.49. The molecule has 0 saturated heterocycles. The largest absolute Gasteiger partial charge is 0.480 e. The van der Waals surface area contributed by atoms with Gasteiger partial charge in [0.05, 0.1) is 6.54 Å². The van der Waals surface area contributed by atoms with Crippen molar-refractivity contribution in [1.82, 2.24) is 10.2 Å². The minimum atomic E-state index is -0.793. The van der Waals surface area contributed by atoms with E-state index in [2.05, 4.69) is 11.4 Å². The van der Waals surface area contributed by atoms with Gasteiger partial charge in [-0.1, -0.05) is 13.0 Å². The molecule has 24 heavy (non-hydrogen) atoms. The maximum absolute atomic E-state index is 12.4. The molecule has 0 unspecified atom stereocenters. The molecule has 1 fully saturated rings. The summed E-state index contributed by atoms with van der Waals surface area (Å²) in [7, 11) is 0. The van der Waals surface area contributed by atoms with Crippen LogP contribution in [0.3, 0.4) is 0 Å². The van der Waals surface area contributed by atoms with Crippen LogP contribution in [0.2, 0.25) is 0 Å². The Balaban J connectivity index is 1.52. The van der Waals surface area contributed by atoms with Crippen LogP contribution in [0.25, 0.3) is 0 Å². The number of aryl methyl sites for hydroxylation is 2. The Morgan fingerprint density at radius 3 is 2.58 bits per heavy atom. The van der Waals surface area contributed by atoms with E-state index in [0.29, 0.717) is 0 Å². The molecular formula is C19H26N2O3. The van der Waals surface area contributed by atoms with Crippen LogP contribution in [0.5, 0.6) is 0 Å². The summed E-state index contributed by atoms with van der Waals surface area (Å²) in [5.41, 5.74) is 3.45. The van der Waals surface area contributed by atoms with Crippen molar-refractivity contribution in [1.29, 1.82) is 0 Å². The van der Waals surface area contributed by atoms with Gasteiger partial charge in [-0.3, -0.25) is 14.5 Å². The smallest absolute Gasteiger partial charge is 0.317 e. The van der Waals surface area contributed by atoms with Crippen LogP contribution in [-0.4, -0.2) is 47.1 Å². The third-order valence-electron chi connectivity index (χ3n) is 5.32. The second-order valence-corrected chi connectivity index (χ2v) is 6.94. The quantitative estimate of drug-likeness (QED) is 0.839. The van der Waals surface area contributed by atoms with Crippen molar-refractivity contribution in [3.8, 4) is 0 Å². The number of nitrogens with one attached hydrogen (secondary N) is 1. The fraction of sp³-hybridized carbons (Fsp3) is 0.579. The highest BCUT2D eigenvalue weighted by Crippen LogP contribution is 2.26. The van der Waals surface area contributed by atoms with E-state index in [-0.39, 0.29) is 24.5 Å². The van der Waals surface area contributed by atoms with Crippen molar-refractivity contribution >= 4 is 11.9 Å². The molecule has 1 aromatic rings. The topological polar surface area (TPSA) is 69.6 Å². The van der Waals surface area contributed by atoms with Gasteiger partial charge >= 0.3 is 5.97 Å². The number of carbonyl (C=O) groups excluding carboxylic acids is 1. The predicted molar refractivity (Wildman–Crippen MR) is 92.2 cm³/mol. The van der Waals surface area contributed by atoms with Gasteiger partial charge in [-0.05, 0) is 68.3 Å². The lowest BCUT2D eigenvalue weighted by atomic mass is 9.85. The van der Waals surface area contributed by atoms with Crippen molar-refractivity contribution < 1.29 is 14.7 Å². The number of aliphatic carboxylic acids is 1. The number of carboxylic acid groups (broad SMARTS) is 1. The summed E-state index contributed by atoms with van der Waals surface area (Å²) >= 11 is 0. The Hall–Kier alpha value is -1.88. The normalized spacial score (nSPS) is 22.6. The number of hydrogen-bond acceptors (Lipinski definition) is 3. The minimum absolute atomic E-state index is 0.00638. The first-order valence-corrected chi connectivity index (χ1v) is 8.95. The monoisotopic (exact) mass is 330 g/mol. The molecule has 1 amide bonds. The Bertz CT molecular complexity index is 623. The lowest BCUT2D eigenvalue weighted by Crippen LogP contribution is -2.54.